The molecule has 0 spiro atoms. The zero-order chi connectivity index (χ0) is 25.4. The number of halogens is 1. The number of carbonyl (C=O) groups is 1. The van der Waals surface area contributed by atoms with Crippen LogP contribution in [0.25, 0.3) is 0 Å². The molecule has 0 radical (unpaired) electrons. The van der Waals surface area contributed by atoms with Crippen molar-refractivity contribution in [1.29, 1.82) is 5.26 Å². The van der Waals surface area contributed by atoms with Gasteiger partial charge in [0.15, 0.2) is 0 Å². The van der Waals surface area contributed by atoms with Gasteiger partial charge in [-0.25, -0.2) is 12.8 Å². The molecule has 3 rings (SSSR count). The van der Waals surface area contributed by atoms with Gasteiger partial charge in [0.1, 0.15) is 11.6 Å². The van der Waals surface area contributed by atoms with Crippen molar-refractivity contribution in [3.8, 4) is 11.8 Å². The van der Waals surface area contributed by atoms with Crippen molar-refractivity contribution < 1.29 is 22.3 Å². The van der Waals surface area contributed by atoms with Crippen molar-refractivity contribution in [3.05, 3.63) is 96.8 Å². The van der Waals surface area contributed by atoms with E-state index in [1.54, 1.807) is 30.3 Å². The second kappa shape index (κ2) is 11.3. The van der Waals surface area contributed by atoms with Crippen LogP contribution in [0.3, 0.4) is 0 Å². The number of hydrogen-bond acceptors (Lipinski definition) is 5. The van der Waals surface area contributed by atoms with Gasteiger partial charge in [0.25, 0.3) is 15.9 Å². The third-order valence-electron chi connectivity index (χ3n) is 5.15. The Bertz CT molecular complexity index is 1370. The van der Waals surface area contributed by atoms with Crippen LogP contribution in [0.2, 0.25) is 0 Å². The van der Waals surface area contributed by atoms with Crippen molar-refractivity contribution >= 4 is 27.3 Å². The van der Waals surface area contributed by atoms with Crippen molar-refractivity contribution in [3.63, 3.8) is 0 Å². The van der Waals surface area contributed by atoms with E-state index in [0.29, 0.717) is 11.4 Å². The molecule has 9 heteroatoms. The maximum Gasteiger partial charge on any atom is 0.264 e. The molecule has 0 saturated carbocycles. The SMILES string of the molecule is C=CCN(c1ccccc1OC)S(=O)(=O)c1cccc(C(=O)N(CCC#N)c2ccccc2F)c1. The predicted octanol–water partition coefficient (Wildman–Crippen LogP) is 4.78. The number of ether oxygens (including phenoxy) is 1. The zero-order valence-corrected chi connectivity index (χ0v) is 19.9. The maximum atomic E-state index is 14.5. The molecule has 1 amide bonds. The van der Waals surface area contributed by atoms with E-state index in [2.05, 4.69) is 6.58 Å². The first-order chi connectivity index (χ1) is 16.8. The Morgan fingerprint density at radius 1 is 1.09 bits per heavy atom. The normalized spacial score (nSPS) is 10.8. The smallest absolute Gasteiger partial charge is 0.264 e. The summed E-state index contributed by atoms with van der Waals surface area (Å²) in [6.45, 7) is 3.56. The lowest BCUT2D eigenvalue weighted by molar-refractivity contribution is 0.0986. The summed E-state index contributed by atoms with van der Waals surface area (Å²) in [6.07, 6.45) is 1.42. The number of amides is 1. The lowest BCUT2D eigenvalue weighted by Gasteiger charge is -2.25. The van der Waals surface area contributed by atoms with E-state index in [0.717, 1.165) is 9.21 Å². The number of benzene rings is 3. The molecule has 35 heavy (non-hydrogen) atoms. The molecule has 0 aliphatic rings. The van der Waals surface area contributed by atoms with Crippen LogP contribution in [0.4, 0.5) is 15.8 Å². The molecule has 180 valence electrons. The van der Waals surface area contributed by atoms with Crippen LogP contribution >= 0.6 is 0 Å². The van der Waals surface area contributed by atoms with Gasteiger partial charge in [-0.2, -0.15) is 5.26 Å². The van der Waals surface area contributed by atoms with E-state index >= 15 is 0 Å². The van der Waals surface area contributed by atoms with Gasteiger partial charge in [0.05, 0.1) is 42.4 Å². The van der Waals surface area contributed by atoms with Gasteiger partial charge in [-0.1, -0.05) is 36.4 Å². The van der Waals surface area contributed by atoms with Gasteiger partial charge in [0, 0.05) is 12.1 Å². The minimum atomic E-state index is -4.14. The number of hydrogen-bond donors (Lipinski definition) is 0. The van der Waals surface area contributed by atoms with Crippen LogP contribution in [-0.4, -0.2) is 34.5 Å². The predicted molar refractivity (Wildman–Crippen MR) is 132 cm³/mol. The number of carbonyl (C=O) groups excluding carboxylic acids is 1. The van der Waals surface area contributed by atoms with Gasteiger partial charge in [-0.3, -0.25) is 9.10 Å². The molecule has 0 aliphatic carbocycles. The number of methoxy groups -OCH3 is 1. The molecule has 0 fully saturated rings. The lowest BCUT2D eigenvalue weighted by atomic mass is 10.1. The van der Waals surface area contributed by atoms with E-state index in [9.17, 15) is 17.6 Å². The Kier molecular flexibility index (Phi) is 8.23. The van der Waals surface area contributed by atoms with Crippen LogP contribution in [0, 0.1) is 17.1 Å². The second-order valence-electron chi connectivity index (χ2n) is 7.34. The highest BCUT2D eigenvalue weighted by Crippen LogP contribution is 2.32. The number of nitriles is 1. The highest BCUT2D eigenvalue weighted by Gasteiger charge is 2.28. The Labute approximate surface area is 204 Å². The molecule has 0 aromatic heterocycles. The van der Waals surface area contributed by atoms with E-state index in [4.69, 9.17) is 10.00 Å². The largest absolute Gasteiger partial charge is 0.495 e. The number of para-hydroxylation sites is 3. The highest BCUT2D eigenvalue weighted by atomic mass is 32.2. The number of nitrogens with zero attached hydrogens (tertiary/aromatic N) is 3. The third-order valence-corrected chi connectivity index (χ3v) is 6.93. The summed E-state index contributed by atoms with van der Waals surface area (Å²) in [6, 6.07) is 19.8. The van der Waals surface area contributed by atoms with E-state index in [1.807, 2.05) is 6.07 Å². The summed E-state index contributed by atoms with van der Waals surface area (Å²) in [5.74, 6) is -0.904. The molecule has 0 aliphatic heterocycles. The summed E-state index contributed by atoms with van der Waals surface area (Å²) in [4.78, 5) is 14.4. The standard InChI is InChI=1S/C26H24FN3O4S/c1-3-17-30(24-14-6-7-15-25(24)34-2)35(32,33)21-11-8-10-20(19-21)26(31)29(18-9-16-28)23-13-5-4-12-22(23)27/h3-8,10-15,19H,1,9,17-18H2,2H3. The fourth-order valence-corrected chi connectivity index (χ4v) is 5.01. The average Bonchev–Trinajstić information content (AvgIpc) is 2.88. The minimum absolute atomic E-state index is 0.00307. The van der Waals surface area contributed by atoms with Crippen molar-refractivity contribution in [2.24, 2.45) is 0 Å². The lowest BCUT2D eigenvalue weighted by Crippen LogP contribution is -2.34. The molecule has 0 heterocycles. The second-order valence-corrected chi connectivity index (χ2v) is 9.20. The molecule has 0 N–H and O–H groups in total. The van der Waals surface area contributed by atoms with Crippen LogP contribution < -0.4 is 13.9 Å². The monoisotopic (exact) mass is 493 g/mol. The molecule has 0 bridgehead atoms. The van der Waals surface area contributed by atoms with Gasteiger partial charge >= 0.3 is 0 Å². The maximum absolute atomic E-state index is 14.5. The molecular formula is C26H24FN3O4S. The summed E-state index contributed by atoms with van der Waals surface area (Å²) in [5.41, 5.74) is 0.350. The molecule has 3 aromatic carbocycles. The summed E-state index contributed by atoms with van der Waals surface area (Å²) in [7, 11) is -2.70. The molecular weight excluding hydrogens is 469 g/mol. The van der Waals surface area contributed by atoms with E-state index < -0.39 is 21.7 Å². The first kappa shape index (κ1) is 25.5. The minimum Gasteiger partial charge on any atom is -0.495 e. The van der Waals surface area contributed by atoms with Crippen LogP contribution in [0.15, 0.2) is 90.3 Å². The van der Waals surface area contributed by atoms with Gasteiger partial charge in [-0.15, -0.1) is 6.58 Å². The molecule has 0 unspecified atom stereocenters. The molecule has 0 atom stereocenters. The van der Waals surface area contributed by atoms with Gasteiger partial charge < -0.3 is 9.64 Å². The Balaban J connectivity index is 2.05. The van der Waals surface area contributed by atoms with E-state index in [1.165, 1.54) is 55.7 Å². The number of sulfonamides is 1. The molecule has 0 saturated heterocycles. The topological polar surface area (TPSA) is 90.7 Å². The first-order valence-corrected chi connectivity index (χ1v) is 12.1. The Morgan fingerprint density at radius 2 is 1.77 bits per heavy atom. The molecule has 3 aromatic rings. The zero-order valence-electron chi connectivity index (χ0n) is 19.1. The van der Waals surface area contributed by atoms with Crippen LogP contribution in [-0.2, 0) is 10.0 Å². The van der Waals surface area contributed by atoms with Crippen molar-refractivity contribution in [1.82, 2.24) is 0 Å². The summed E-state index contributed by atoms with van der Waals surface area (Å²) >= 11 is 0. The number of rotatable bonds is 10. The highest BCUT2D eigenvalue weighted by molar-refractivity contribution is 7.92. The Hall–Kier alpha value is -4.16. The number of anilines is 2. The van der Waals surface area contributed by atoms with Gasteiger partial charge in [-0.05, 0) is 42.5 Å². The Morgan fingerprint density at radius 3 is 2.43 bits per heavy atom. The van der Waals surface area contributed by atoms with Crippen molar-refractivity contribution in [2.75, 3.05) is 29.4 Å². The van der Waals surface area contributed by atoms with E-state index in [-0.39, 0.29) is 35.7 Å². The quantitative estimate of drug-likeness (QED) is 0.379. The summed E-state index contributed by atoms with van der Waals surface area (Å²) in [5, 5.41) is 9.01. The third kappa shape index (κ3) is 5.50. The fraction of sp³-hybridized carbons (Fsp3) is 0.154. The average molecular weight is 494 g/mol. The summed E-state index contributed by atoms with van der Waals surface area (Å²) < 4.78 is 48.2. The van der Waals surface area contributed by atoms with Crippen LogP contribution in [0.1, 0.15) is 16.8 Å². The fourth-order valence-electron chi connectivity index (χ4n) is 3.52. The van der Waals surface area contributed by atoms with Crippen LogP contribution in [0.5, 0.6) is 5.75 Å². The molecule has 7 nitrogen and oxygen atoms in total. The van der Waals surface area contributed by atoms with Gasteiger partial charge in [0.2, 0.25) is 0 Å². The first-order valence-electron chi connectivity index (χ1n) is 10.6. The van der Waals surface area contributed by atoms with Crippen molar-refractivity contribution in [2.45, 2.75) is 11.3 Å².